The van der Waals surface area contributed by atoms with Crippen LogP contribution in [0.5, 0.6) is 0 Å². The fourth-order valence-corrected chi connectivity index (χ4v) is 7.84. The lowest BCUT2D eigenvalue weighted by molar-refractivity contribution is -0.141. The average molecular weight is 375 g/mol. The molecule has 4 atom stereocenters. The second kappa shape index (κ2) is 5.73. The first-order chi connectivity index (χ1) is 12.3. The summed E-state index contributed by atoms with van der Waals surface area (Å²) in [7, 11) is 0. The van der Waals surface area contributed by atoms with Gasteiger partial charge in [0.15, 0.2) is 0 Å². The number of carbonyl (C=O) groups excluding carboxylic acids is 2. The molecule has 2 aliphatic carbocycles. The van der Waals surface area contributed by atoms with Gasteiger partial charge >= 0.3 is 0 Å². The Kier molecular flexibility index (Phi) is 4.09. The van der Waals surface area contributed by atoms with E-state index >= 15 is 0 Å². The largest absolute Gasteiger partial charge is 0.339 e. The van der Waals surface area contributed by atoms with E-state index in [1.54, 1.807) is 0 Å². The monoisotopic (exact) mass is 374 g/mol. The molecule has 0 aromatic rings. The normalized spacial score (nSPS) is 41.7. The van der Waals surface area contributed by atoms with Gasteiger partial charge in [-0.3, -0.25) is 9.59 Å². The Morgan fingerprint density at radius 1 is 0.704 bits per heavy atom. The molecule has 0 radical (unpaired) electrons. The zero-order chi connectivity index (χ0) is 19.8. The number of carbonyl (C=O) groups is 2. The average Bonchev–Trinajstić information content (AvgIpc) is 2.86. The Labute approximate surface area is 165 Å². The third-order valence-corrected chi connectivity index (χ3v) is 7.77. The molecule has 2 amide bonds. The van der Waals surface area contributed by atoms with Crippen molar-refractivity contribution >= 4 is 11.8 Å². The van der Waals surface area contributed by atoms with Crippen molar-refractivity contribution in [2.45, 2.75) is 98.6 Å². The van der Waals surface area contributed by atoms with E-state index in [2.05, 4.69) is 51.3 Å². The summed E-state index contributed by atoms with van der Waals surface area (Å²) in [6, 6.07) is 0.654. The second-order valence-electron chi connectivity index (χ2n) is 12.6. The van der Waals surface area contributed by atoms with Crippen molar-refractivity contribution < 1.29 is 9.59 Å². The van der Waals surface area contributed by atoms with Crippen LogP contribution in [0.4, 0.5) is 0 Å². The highest BCUT2D eigenvalue weighted by molar-refractivity contribution is 5.97. The highest BCUT2D eigenvalue weighted by atomic mass is 16.2. The minimum absolute atomic E-state index is 0.0669. The maximum Gasteiger partial charge on any atom is 0.232 e. The first kappa shape index (κ1) is 19.3. The third kappa shape index (κ3) is 3.53. The van der Waals surface area contributed by atoms with E-state index in [4.69, 9.17) is 0 Å². The molecule has 2 aliphatic heterocycles. The Balaban J connectivity index is 1.43. The van der Waals surface area contributed by atoms with Crippen molar-refractivity contribution in [1.29, 1.82) is 0 Å². The summed E-state index contributed by atoms with van der Waals surface area (Å²) < 4.78 is 0. The molecule has 4 bridgehead atoms. The Morgan fingerprint density at radius 2 is 1.07 bits per heavy atom. The Morgan fingerprint density at radius 3 is 1.44 bits per heavy atom. The minimum atomic E-state index is 0.0669. The number of amides is 2. The Hall–Kier alpha value is -1.06. The van der Waals surface area contributed by atoms with Gasteiger partial charge in [-0.05, 0) is 60.2 Å². The van der Waals surface area contributed by atoms with Crippen LogP contribution >= 0.6 is 0 Å². The quantitative estimate of drug-likeness (QED) is 0.679. The summed E-state index contributed by atoms with van der Waals surface area (Å²) in [5, 5.41) is 0. The van der Waals surface area contributed by atoms with Crippen molar-refractivity contribution in [2.75, 3.05) is 13.1 Å². The van der Waals surface area contributed by atoms with E-state index in [9.17, 15) is 9.59 Å². The topological polar surface area (TPSA) is 40.6 Å². The molecule has 2 heterocycles. The zero-order valence-corrected chi connectivity index (χ0v) is 18.2. The molecular formula is C23H38N2O2. The van der Waals surface area contributed by atoms with Gasteiger partial charge in [0, 0.05) is 25.2 Å². The van der Waals surface area contributed by atoms with Crippen LogP contribution in [-0.2, 0) is 9.59 Å². The van der Waals surface area contributed by atoms with Crippen LogP contribution in [-0.4, -0.2) is 46.8 Å². The van der Waals surface area contributed by atoms with Crippen molar-refractivity contribution in [2.24, 2.45) is 21.7 Å². The predicted octanol–water partition coefficient (Wildman–Crippen LogP) is 4.23. The molecule has 0 N–H and O–H groups in total. The summed E-state index contributed by atoms with van der Waals surface area (Å²) in [4.78, 5) is 30.3. The molecule has 4 aliphatic rings. The van der Waals surface area contributed by atoms with Crippen molar-refractivity contribution in [3.63, 3.8) is 0 Å². The van der Waals surface area contributed by atoms with Crippen LogP contribution in [0.1, 0.15) is 86.5 Å². The fraction of sp³-hybridized carbons (Fsp3) is 0.913. The van der Waals surface area contributed by atoms with E-state index in [-0.39, 0.29) is 29.1 Å². The molecule has 0 aromatic heterocycles. The molecule has 4 heteroatoms. The first-order valence-corrected chi connectivity index (χ1v) is 10.9. The molecule has 4 rings (SSSR count). The van der Waals surface area contributed by atoms with Crippen LogP contribution in [0.3, 0.4) is 0 Å². The lowest BCUT2D eigenvalue weighted by Gasteiger charge is -2.39. The SMILES string of the molecule is CC1(C)C[C@H]2C[C@@](C)(CN2C(=O)CC(=O)N2C[C@@]3(C)C[C@H]2CC(C)(C)C3)C1. The standard InChI is InChI=1S/C23H38N2O2/c1-20(2)8-16-10-22(5,12-20)14-24(16)18(26)7-19(27)25-15-23(6)11-17(25)9-21(3,4)13-23/h16-17H,7-15H2,1-6H3/t16-,17+,22+,23-. The minimum Gasteiger partial charge on any atom is -0.339 e. The van der Waals surface area contributed by atoms with E-state index in [0.717, 1.165) is 38.8 Å². The lowest BCUT2D eigenvalue weighted by Crippen LogP contribution is -2.42. The number of nitrogens with zero attached hydrogens (tertiary/aromatic N) is 2. The number of fused-ring (bicyclic) bond motifs is 4. The summed E-state index contributed by atoms with van der Waals surface area (Å²) in [6.07, 6.45) is 6.78. The molecule has 0 spiro atoms. The van der Waals surface area contributed by atoms with Gasteiger partial charge in [-0.15, -0.1) is 0 Å². The number of hydrogen-bond donors (Lipinski definition) is 0. The molecule has 27 heavy (non-hydrogen) atoms. The molecule has 0 unspecified atom stereocenters. The van der Waals surface area contributed by atoms with Crippen LogP contribution < -0.4 is 0 Å². The van der Waals surface area contributed by atoms with E-state index in [1.807, 2.05) is 0 Å². The second-order valence-corrected chi connectivity index (χ2v) is 12.6. The smallest absolute Gasteiger partial charge is 0.232 e. The van der Waals surface area contributed by atoms with Gasteiger partial charge in [0.25, 0.3) is 0 Å². The maximum atomic E-state index is 13.1. The molecule has 4 fully saturated rings. The van der Waals surface area contributed by atoms with Crippen LogP contribution in [0.2, 0.25) is 0 Å². The van der Waals surface area contributed by atoms with Gasteiger partial charge in [-0.25, -0.2) is 0 Å². The van der Waals surface area contributed by atoms with Gasteiger partial charge in [-0.1, -0.05) is 41.5 Å². The summed E-state index contributed by atoms with van der Waals surface area (Å²) in [6.45, 7) is 15.6. The number of hydrogen-bond acceptors (Lipinski definition) is 2. The van der Waals surface area contributed by atoms with Crippen molar-refractivity contribution in [3.05, 3.63) is 0 Å². The van der Waals surface area contributed by atoms with Gasteiger partial charge in [-0.2, -0.15) is 0 Å². The molecule has 152 valence electrons. The number of likely N-dealkylation sites (tertiary alicyclic amines) is 2. The van der Waals surface area contributed by atoms with Gasteiger partial charge in [0.2, 0.25) is 11.8 Å². The van der Waals surface area contributed by atoms with Gasteiger partial charge in [0.1, 0.15) is 6.42 Å². The van der Waals surface area contributed by atoms with Crippen LogP contribution in [0.25, 0.3) is 0 Å². The highest BCUT2D eigenvalue weighted by Crippen LogP contribution is 2.54. The summed E-state index contributed by atoms with van der Waals surface area (Å²) in [5.74, 6) is 0.134. The predicted molar refractivity (Wildman–Crippen MR) is 107 cm³/mol. The molecule has 2 saturated carbocycles. The van der Waals surface area contributed by atoms with Crippen molar-refractivity contribution in [3.8, 4) is 0 Å². The summed E-state index contributed by atoms with van der Waals surface area (Å²) >= 11 is 0. The molecule has 0 aromatic carbocycles. The molecule has 4 nitrogen and oxygen atoms in total. The van der Waals surface area contributed by atoms with Crippen molar-refractivity contribution in [1.82, 2.24) is 9.80 Å². The lowest BCUT2D eigenvalue weighted by atomic mass is 9.65. The van der Waals surface area contributed by atoms with Crippen LogP contribution in [0, 0.1) is 21.7 Å². The first-order valence-electron chi connectivity index (χ1n) is 10.9. The van der Waals surface area contributed by atoms with E-state index < -0.39 is 0 Å². The van der Waals surface area contributed by atoms with E-state index in [1.165, 1.54) is 12.8 Å². The molecule has 2 saturated heterocycles. The van der Waals surface area contributed by atoms with Gasteiger partial charge < -0.3 is 9.80 Å². The fourth-order valence-electron chi connectivity index (χ4n) is 7.84. The maximum absolute atomic E-state index is 13.1. The van der Waals surface area contributed by atoms with Crippen LogP contribution in [0.15, 0.2) is 0 Å². The number of rotatable bonds is 2. The zero-order valence-electron chi connectivity index (χ0n) is 18.2. The summed E-state index contributed by atoms with van der Waals surface area (Å²) in [5.41, 5.74) is 1.05. The Bertz CT molecular complexity index is 613. The third-order valence-electron chi connectivity index (χ3n) is 7.77. The molecular weight excluding hydrogens is 336 g/mol. The van der Waals surface area contributed by atoms with E-state index in [0.29, 0.717) is 22.9 Å². The van der Waals surface area contributed by atoms with Gasteiger partial charge in [0.05, 0.1) is 0 Å². The highest BCUT2D eigenvalue weighted by Gasteiger charge is 2.53.